The van der Waals surface area contributed by atoms with E-state index in [4.69, 9.17) is 4.74 Å². The molecule has 0 rings (SSSR count). The maximum Gasteiger partial charge on any atom is 0.335 e. The summed E-state index contributed by atoms with van der Waals surface area (Å²) >= 11 is 0. The minimum absolute atomic E-state index is 0.566. The molecular formula is C14H28O3. The fourth-order valence-corrected chi connectivity index (χ4v) is 1.88. The fraction of sp³-hybridized carbons (Fsp3) is 0.929. The Balaban J connectivity index is 4.50. The number of aliphatic carboxylic acids is 1. The van der Waals surface area contributed by atoms with E-state index in [1.807, 2.05) is 0 Å². The molecule has 0 bridgehead atoms. The van der Waals surface area contributed by atoms with Gasteiger partial charge in [-0.3, -0.25) is 0 Å². The maximum absolute atomic E-state index is 11.5. The smallest absolute Gasteiger partial charge is 0.335 e. The normalized spacial score (nSPS) is 11.7. The van der Waals surface area contributed by atoms with Crippen LogP contribution in [0.25, 0.3) is 0 Å². The molecule has 0 heterocycles. The largest absolute Gasteiger partial charge is 0.479 e. The van der Waals surface area contributed by atoms with Crippen LogP contribution in [0.2, 0.25) is 0 Å². The maximum atomic E-state index is 11.5. The number of carboxylic acid groups (broad SMARTS) is 1. The second-order valence-electron chi connectivity index (χ2n) is 4.71. The molecule has 0 fully saturated rings. The van der Waals surface area contributed by atoms with E-state index in [9.17, 15) is 9.90 Å². The number of rotatable bonds is 11. The van der Waals surface area contributed by atoms with E-state index in [0.717, 1.165) is 38.5 Å². The zero-order valence-corrected chi connectivity index (χ0v) is 11.6. The van der Waals surface area contributed by atoms with Gasteiger partial charge in [0.1, 0.15) is 0 Å². The van der Waals surface area contributed by atoms with Crippen molar-refractivity contribution in [3.63, 3.8) is 0 Å². The lowest BCUT2D eigenvalue weighted by molar-refractivity contribution is -0.169. The van der Waals surface area contributed by atoms with Crippen molar-refractivity contribution in [1.29, 1.82) is 0 Å². The molecule has 0 unspecified atom stereocenters. The highest BCUT2D eigenvalue weighted by Crippen LogP contribution is 2.27. The summed E-state index contributed by atoms with van der Waals surface area (Å²) in [6.07, 6.45) is 7.12. The van der Waals surface area contributed by atoms with E-state index in [2.05, 4.69) is 20.8 Å². The molecule has 0 aliphatic rings. The average molecular weight is 244 g/mol. The first kappa shape index (κ1) is 16.4. The Morgan fingerprint density at radius 2 is 1.47 bits per heavy atom. The zero-order chi connectivity index (χ0) is 13.1. The van der Waals surface area contributed by atoms with Crippen LogP contribution < -0.4 is 0 Å². The van der Waals surface area contributed by atoms with Crippen molar-refractivity contribution < 1.29 is 14.6 Å². The van der Waals surface area contributed by atoms with Gasteiger partial charge in [0.25, 0.3) is 0 Å². The van der Waals surface area contributed by atoms with Gasteiger partial charge in [0.15, 0.2) is 5.60 Å². The van der Waals surface area contributed by atoms with Crippen LogP contribution in [-0.2, 0) is 9.53 Å². The lowest BCUT2D eigenvalue weighted by Crippen LogP contribution is -2.42. The third-order valence-corrected chi connectivity index (χ3v) is 3.13. The van der Waals surface area contributed by atoms with Crippen molar-refractivity contribution in [1.82, 2.24) is 0 Å². The summed E-state index contributed by atoms with van der Waals surface area (Å²) in [5.41, 5.74) is -0.929. The summed E-state index contributed by atoms with van der Waals surface area (Å²) < 4.78 is 5.74. The van der Waals surface area contributed by atoms with Crippen molar-refractivity contribution in [2.24, 2.45) is 0 Å². The van der Waals surface area contributed by atoms with Gasteiger partial charge in [-0.05, 0) is 19.3 Å². The van der Waals surface area contributed by atoms with Crippen molar-refractivity contribution >= 4 is 5.97 Å². The van der Waals surface area contributed by atoms with Gasteiger partial charge in [0.2, 0.25) is 0 Å². The van der Waals surface area contributed by atoms with Crippen molar-refractivity contribution in [2.75, 3.05) is 6.61 Å². The molecule has 3 heteroatoms. The van der Waals surface area contributed by atoms with E-state index in [1.54, 1.807) is 0 Å². The molecule has 0 aromatic heterocycles. The number of ether oxygens (including phenoxy) is 1. The Morgan fingerprint density at radius 1 is 1.00 bits per heavy atom. The quantitative estimate of drug-likeness (QED) is 0.559. The van der Waals surface area contributed by atoms with E-state index >= 15 is 0 Å². The molecule has 0 atom stereocenters. The second kappa shape index (κ2) is 9.46. The predicted molar refractivity (Wildman–Crippen MR) is 70.3 cm³/mol. The van der Waals surface area contributed by atoms with Crippen LogP contribution in [0.3, 0.4) is 0 Å². The minimum atomic E-state index is -0.929. The first-order chi connectivity index (χ1) is 8.13. The standard InChI is InChI=1S/C14H28O3/c1-4-7-10-14(13(15)16,11-8-5-2)17-12-9-6-3/h4-12H2,1-3H3,(H,15,16). The molecule has 1 N–H and O–H groups in total. The Kier molecular flexibility index (Phi) is 9.14. The molecule has 0 aromatic carbocycles. The lowest BCUT2D eigenvalue weighted by atomic mass is 9.90. The molecule has 0 aromatic rings. The molecule has 0 saturated carbocycles. The van der Waals surface area contributed by atoms with Gasteiger partial charge in [-0.1, -0.05) is 52.9 Å². The number of unbranched alkanes of at least 4 members (excludes halogenated alkanes) is 3. The van der Waals surface area contributed by atoms with Gasteiger partial charge in [-0.25, -0.2) is 4.79 Å². The van der Waals surface area contributed by atoms with Gasteiger partial charge < -0.3 is 9.84 Å². The molecule has 0 aliphatic carbocycles. The predicted octanol–water partition coefficient (Wildman–Crippen LogP) is 4.01. The van der Waals surface area contributed by atoms with Crippen LogP contribution in [0.1, 0.15) is 72.1 Å². The molecule has 0 amide bonds. The summed E-state index contributed by atoms with van der Waals surface area (Å²) in [6.45, 7) is 6.82. The highest BCUT2D eigenvalue weighted by molar-refractivity contribution is 5.77. The van der Waals surface area contributed by atoms with Crippen LogP contribution in [0.15, 0.2) is 0 Å². The van der Waals surface area contributed by atoms with Crippen LogP contribution in [-0.4, -0.2) is 23.3 Å². The summed E-state index contributed by atoms with van der Waals surface area (Å²) in [7, 11) is 0. The Labute approximate surface area is 106 Å². The third-order valence-electron chi connectivity index (χ3n) is 3.13. The molecule has 0 aliphatic heterocycles. The second-order valence-corrected chi connectivity index (χ2v) is 4.71. The monoisotopic (exact) mass is 244 g/mol. The highest BCUT2D eigenvalue weighted by Gasteiger charge is 2.38. The van der Waals surface area contributed by atoms with Gasteiger partial charge >= 0.3 is 5.97 Å². The molecular weight excluding hydrogens is 216 g/mol. The summed E-state index contributed by atoms with van der Waals surface area (Å²) in [4.78, 5) is 11.5. The zero-order valence-electron chi connectivity index (χ0n) is 11.6. The lowest BCUT2D eigenvalue weighted by Gasteiger charge is -2.29. The Hall–Kier alpha value is -0.570. The topological polar surface area (TPSA) is 46.5 Å². The molecule has 0 saturated heterocycles. The molecule has 3 nitrogen and oxygen atoms in total. The SMILES string of the molecule is CCCCOC(CCCC)(CCCC)C(=O)O. The first-order valence-corrected chi connectivity index (χ1v) is 7.00. The third kappa shape index (κ3) is 6.06. The van der Waals surface area contributed by atoms with Crippen molar-refractivity contribution in [2.45, 2.75) is 77.7 Å². The van der Waals surface area contributed by atoms with Gasteiger partial charge in [0.05, 0.1) is 0 Å². The van der Waals surface area contributed by atoms with Crippen molar-refractivity contribution in [3.05, 3.63) is 0 Å². The van der Waals surface area contributed by atoms with E-state index in [-0.39, 0.29) is 0 Å². The first-order valence-electron chi connectivity index (χ1n) is 7.00. The number of carboxylic acids is 1. The summed E-state index contributed by atoms with van der Waals surface area (Å²) in [5.74, 6) is -0.782. The number of hydrogen-bond donors (Lipinski definition) is 1. The highest BCUT2D eigenvalue weighted by atomic mass is 16.5. The van der Waals surface area contributed by atoms with E-state index in [1.165, 1.54) is 0 Å². The Bertz CT molecular complexity index is 194. The van der Waals surface area contributed by atoms with Gasteiger partial charge in [-0.2, -0.15) is 0 Å². The van der Waals surface area contributed by atoms with E-state index < -0.39 is 11.6 Å². The molecule has 0 spiro atoms. The summed E-state index contributed by atoms with van der Waals surface area (Å²) in [5, 5.41) is 9.45. The molecule has 102 valence electrons. The van der Waals surface area contributed by atoms with Crippen molar-refractivity contribution in [3.8, 4) is 0 Å². The Morgan fingerprint density at radius 3 is 1.82 bits per heavy atom. The van der Waals surface area contributed by atoms with Gasteiger partial charge in [-0.15, -0.1) is 0 Å². The van der Waals surface area contributed by atoms with Gasteiger partial charge in [0, 0.05) is 6.61 Å². The average Bonchev–Trinajstić information content (AvgIpc) is 2.32. The molecule has 17 heavy (non-hydrogen) atoms. The number of hydrogen-bond acceptors (Lipinski definition) is 2. The van der Waals surface area contributed by atoms with Crippen LogP contribution in [0.4, 0.5) is 0 Å². The number of carbonyl (C=O) groups is 1. The van der Waals surface area contributed by atoms with Crippen LogP contribution in [0, 0.1) is 0 Å². The fourth-order valence-electron chi connectivity index (χ4n) is 1.88. The summed E-state index contributed by atoms with van der Waals surface area (Å²) in [6, 6.07) is 0. The minimum Gasteiger partial charge on any atom is -0.479 e. The van der Waals surface area contributed by atoms with Crippen LogP contribution >= 0.6 is 0 Å². The molecule has 0 radical (unpaired) electrons. The van der Waals surface area contributed by atoms with Crippen LogP contribution in [0.5, 0.6) is 0 Å². The van der Waals surface area contributed by atoms with E-state index in [0.29, 0.717) is 19.4 Å².